The van der Waals surface area contributed by atoms with Gasteiger partial charge in [-0.15, -0.1) is 0 Å². The minimum atomic E-state index is -0.809. The molecule has 6 nitrogen and oxygen atoms in total. The van der Waals surface area contributed by atoms with E-state index in [0.29, 0.717) is 12.5 Å². The lowest BCUT2D eigenvalue weighted by Crippen LogP contribution is -2.57. The Morgan fingerprint density at radius 1 is 1.53 bits per heavy atom. The van der Waals surface area contributed by atoms with Crippen molar-refractivity contribution in [3.63, 3.8) is 0 Å². The minimum Gasteiger partial charge on any atom is -0.351 e. The van der Waals surface area contributed by atoms with Crippen LogP contribution >= 0.6 is 0 Å². The second-order valence-corrected chi connectivity index (χ2v) is 4.69. The molecule has 0 aliphatic carbocycles. The number of primary amides is 1. The third-order valence-electron chi connectivity index (χ3n) is 3.52. The fourth-order valence-electron chi connectivity index (χ4n) is 2.51. The molecular weight excluding hydrogens is 220 g/mol. The zero-order valence-corrected chi connectivity index (χ0v) is 10.5. The van der Waals surface area contributed by atoms with Gasteiger partial charge in [0.2, 0.25) is 5.91 Å². The molecule has 1 saturated heterocycles. The van der Waals surface area contributed by atoms with Crippen molar-refractivity contribution in [3.05, 3.63) is 0 Å². The van der Waals surface area contributed by atoms with Crippen LogP contribution in [0.3, 0.4) is 0 Å². The van der Waals surface area contributed by atoms with E-state index in [2.05, 4.69) is 17.1 Å². The van der Waals surface area contributed by atoms with Gasteiger partial charge in [-0.2, -0.15) is 0 Å². The molecule has 3 atom stereocenters. The Kier molecular flexibility index (Phi) is 4.89. The van der Waals surface area contributed by atoms with E-state index in [-0.39, 0.29) is 18.0 Å². The normalized spacial score (nSPS) is 27.5. The number of carbonyl (C=O) groups is 2. The summed E-state index contributed by atoms with van der Waals surface area (Å²) in [5.41, 5.74) is 10.7. The highest BCUT2D eigenvalue weighted by Gasteiger charge is 2.33. The van der Waals surface area contributed by atoms with Crippen molar-refractivity contribution < 1.29 is 9.59 Å². The maximum Gasteiger partial charge on any atom is 0.318 e. The van der Waals surface area contributed by atoms with Crippen LogP contribution in [-0.2, 0) is 4.79 Å². The maximum atomic E-state index is 11.7. The van der Waals surface area contributed by atoms with Crippen LogP contribution in [0.15, 0.2) is 0 Å². The first-order valence-corrected chi connectivity index (χ1v) is 6.03. The molecule has 1 aliphatic rings. The van der Waals surface area contributed by atoms with E-state index in [0.717, 1.165) is 19.4 Å². The highest BCUT2D eigenvalue weighted by Crippen LogP contribution is 2.24. The van der Waals surface area contributed by atoms with Crippen LogP contribution in [0.4, 0.5) is 4.79 Å². The third-order valence-corrected chi connectivity index (χ3v) is 3.52. The van der Waals surface area contributed by atoms with Crippen LogP contribution in [0.5, 0.6) is 0 Å². The first-order valence-electron chi connectivity index (χ1n) is 6.03. The Morgan fingerprint density at radius 2 is 2.18 bits per heavy atom. The third kappa shape index (κ3) is 3.41. The van der Waals surface area contributed by atoms with Crippen LogP contribution < -0.4 is 16.8 Å². The van der Waals surface area contributed by atoms with Crippen molar-refractivity contribution in [2.45, 2.75) is 38.8 Å². The largest absolute Gasteiger partial charge is 0.351 e. The lowest BCUT2D eigenvalue weighted by atomic mass is 9.89. The average molecular weight is 242 g/mol. The standard InChI is InChI=1S/C11H22N4O2/c1-7-4-3-5-15(9(7)6-12)8(2)10(16)14-11(13)17/h7-9H,3-6,12H2,1-2H3,(H3,13,14,16,17). The fraction of sp³-hybridized carbons (Fsp3) is 0.818. The molecule has 1 heterocycles. The van der Waals surface area contributed by atoms with E-state index in [1.54, 1.807) is 6.92 Å². The molecule has 6 heteroatoms. The topological polar surface area (TPSA) is 101 Å². The number of hydrogen-bond acceptors (Lipinski definition) is 4. The second-order valence-electron chi connectivity index (χ2n) is 4.69. The molecule has 1 rings (SSSR count). The Morgan fingerprint density at radius 3 is 2.71 bits per heavy atom. The molecule has 1 aliphatic heterocycles. The Hall–Kier alpha value is -1.14. The lowest BCUT2D eigenvalue weighted by molar-refractivity contribution is -0.126. The van der Waals surface area contributed by atoms with Gasteiger partial charge in [0, 0.05) is 12.6 Å². The molecule has 0 aromatic heterocycles. The summed E-state index contributed by atoms with van der Waals surface area (Å²) >= 11 is 0. The number of hydrogen-bond donors (Lipinski definition) is 3. The molecule has 3 amide bonds. The van der Waals surface area contributed by atoms with E-state index in [4.69, 9.17) is 11.5 Å². The van der Waals surface area contributed by atoms with Crippen molar-refractivity contribution in [1.82, 2.24) is 10.2 Å². The quantitative estimate of drug-likeness (QED) is 0.628. The number of likely N-dealkylation sites (tertiary alicyclic amines) is 1. The number of nitrogens with one attached hydrogen (secondary N) is 1. The van der Waals surface area contributed by atoms with E-state index in [1.165, 1.54) is 0 Å². The summed E-state index contributed by atoms with van der Waals surface area (Å²) in [7, 11) is 0. The van der Waals surface area contributed by atoms with Gasteiger partial charge >= 0.3 is 6.03 Å². The number of imide groups is 1. The molecule has 0 saturated carbocycles. The first kappa shape index (κ1) is 13.9. The summed E-state index contributed by atoms with van der Waals surface area (Å²) in [6.07, 6.45) is 2.17. The van der Waals surface area contributed by atoms with Gasteiger partial charge in [0.05, 0.1) is 6.04 Å². The highest BCUT2D eigenvalue weighted by atomic mass is 16.2. The van der Waals surface area contributed by atoms with Gasteiger partial charge in [0.1, 0.15) is 0 Å². The van der Waals surface area contributed by atoms with E-state index in [1.807, 2.05) is 0 Å². The molecule has 17 heavy (non-hydrogen) atoms. The van der Waals surface area contributed by atoms with Crippen molar-refractivity contribution in [2.24, 2.45) is 17.4 Å². The van der Waals surface area contributed by atoms with Gasteiger partial charge in [-0.05, 0) is 32.2 Å². The predicted octanol–water partition coefficient (Wildman–Crippen LogP) is -0.371. The molecule has 5 N–H and O–H groups in total. The number of piperidine rings is 1. The molecule has 0 aromatic carbocycles. The van der Waals surface area contributed by atoms with Gasteiger partial charge in [0.15, 0.2) is 0 Å². The van der Waals surface area contributed by atoms with Crippen molar-refractivity contribution in [3.8, 4) is 0 Å². The van der Waals surface area contributed by atoms with Crippen LogP contribution in [0.2, 0.25) is 0 Å². The number of nitrogens with zero attached hydrogens (tertiary/aromatic N) is 1. The zero-order chi connectivity index (χ0) is 13.0. The van der Waals surface area contributed by atoms with E-state index >= 15 is 0 Å². The Bertz CT molecular complexity index is 295. The predicted molar refractivity (Wildman–Crippen MR) is 65.1 cm³/mol. The molecule has 1 fully saturated rings. The number of nitrogens with two attached hydrogens (primary N) is 2. The van der Waals surface area contributed by atoms with Gasteiger partial charge in [-0.25, -0.2) is 4.79 Å². The summed E-state index contributed by atoms with van der Waals surface area (Å²) in [6.45, 7) is 5.27. The average Bonchev–Trinajstić information content (AvgIpc) is 2.26. The van der Waals surface area contributed by atoms with Gasteiger partial charge in [0.25, 0.3) is 0 Å². The number of carbonyl (C=O) groups excluding carboxylic acids is 2. The summed E-state index contributed by atoms with van der Waals surface area (Å²) < 4.78 is 0. The van der Waals surface area contributed by atoms with Gasteiger partial charge < -0.3 is 11.5 Å². The van der Waals surface area contributed by atoms with E-state index in [9.17, 15) is 9.59 Å². The van der Waals surface area contributed by atoms with Crippen molar-refractivity contribution in [1.29, 1.82) is 0 Å². The smallest absolute Gasteiger partial charge is 0.318 e. The summed E-state index contributed by atoms with van der Waals surface area (Å²) in [5.74, 6) is 0.114. The van der Waals surface area contributed by atoms with Crippen LogP contribution in [-0.4, -0.2) is 42.0 Å². The Balaban J connectivity index is 2.68. The molecule has 0 radical (unpaired) electrons. The van der Waals surface area contributed by atoms with Crippen molar-refractivity contribution >= 4 is 11.9 Å². The maximum absolute atomic E-state index is 11.7. The Labute approximate surface area is 102 Å². The molecular formula is C11H22N4O2. The van der Waals surface area contributed by atoms with Crippen molar-refractivity contribution in [2.75, 3.05) is 13.1 Å². The van der Waals surface area contributed by atoms with Crippen LogP contribution in [0, 0.1) is 5.92 Å². The monoisotopic (exact) mass is 242 g/mol. The second kappa shape index (κ2) is 5.97. The molecule has 0 aromatic rings. The zero-order valence-electron chi connectivity index (χ0n) is 10.5. The summed E-state index contributed by atoms with van der Waals surface area (Å²) in [4.78, 5) is 24.4. The molecule has 0 bridgehead atoms. The van der Waals surface area contributed by atoms with Gasteiger partial charge in [-0.1, -0.05) is 6.92 Å². The van der Waals surface area contributed by atoms with Gasteiger partial charge in [-0.3, -0.25) is 15.0 Å². The highest BCUT2D eigenvalue weighted by molar-refractivity contribution is 5.96. The lowest BCUT2D eigenvalue weighted by Gasteiger charge is -2.42. The van der Waals surface area contributed by atoms with E-state index < -0.39 is 6.03 Å². The first-order chi connectivity index (χ1) is 7.97. The molecule has 3 unspecified atom stereocenters. The fourth-order valence-corrected chi connectivity index (χ4v) is 2.51. The van der Waals surface area contributed by atoms with Crippen LogP contribution in [0.25, 0.3) is 0 Å². The SMILES string of the molecule is CC1CCCN(C(C)C(=O)NC(N)=O)C1CN. The van der Waals surface area contributed by atoms with Crippen LogP contribution in [0.1, 0.15) is 26.7 Å². The number of amides is 3. The number of urea groups is 1. The number of rotatable bonds is 3. The molecule has 0 spiro atoms. The summed E-state index contributed by atoms with van der Waals surface area (Å²) in [5, 5.41) is 2.12. The minimum absolute atomic E-state index is 0.192. The summed E-state index contributed by atoms with van der Waals surface area (Å²) in [6, 6.07) is -0.993. The molecule has 98 valence electrons.